The number of Topliss-reactive ketones (excluding diaryl/α,β-unsaturated/α-hetero) is 1. The number of carbonyl (C=O) groups is 1. The van der Waals surface area contributed by atoms with Gasteiger partial charge < -0.3 is 9.73 Å². The molecule has 0 bridgehead atoms. The summed E-state index contributed by atoms with van der Waals surface area (Å²) in [6.45, 7) is 0. The molecule has 4 aromatic rings. The van der Waals surface area contributed by atoms with Gasteiger partial charge in [0.2, 0.25) is 0 Å². The third kappa shape index (κ3) is 3.39. The van der Waals surface area contributed by atoms with Crippen LogP contribution in [0.4, 0.5) is 6.01 Å². The monoisotopic (exact) mass is 398 g/mol. The Hall–Kier alpha value is -4.07. The van der Waals surface area contributed by atoms with Gasteiger partial charge in [-0.3, -0.25) is 14.5 Å². The lowest BCUT2D eigenvalue weighted by molar-refractivity contribution is -0.119. The van der Waals surface area contributed by atoms with Crippen molar-refractivity contribution in [1.29, 1.82) is 0 Å². The molecule has 2 aromatic heterocycles. The molecule has 0 fully saturated rings. The van der Waals surface area contributed by atoms with Crippen LogP contribution >= 0.6 is 0 Å². The minimum absolute atomic E-state index is 0.0745. The zero-order valence-corrected chi connectivity index (χ0v) is 16.2. The number of nitrogens with one attached hydrogen (secondary N) is 1. The summed E-state index contributed by atoms with van der Waals surface area (Å²) in [7, 11) is 1.81. The van der Waals surface area contributed by atoms with E-state index in [1.54, 1.807) is 24.1 Å². The molecule has 1 atom stereocenters. The molecule has 8 heteroatoms. The van der Waals surface area contributed by atoms with Crippen LogP contribution in [0, 0.1) is 0 Å². The van der Waals surface area contributed by atoms with Crippen molar-refractivity contribution < 1.29 is 9.21 Å². The second-order valence-electron chi connectivity index (χ2n) is 7.01. The highest BCUT2D eigenvalue weighted by molar-refractivity contribution is 6.16. The van der Waals surface area contributed by atoms with Crippen molar-refractivity contribution in [1.82, 2.24) is 20.0 Å². The first-order valence-electron chi connectivity index (χ1n) is 9.50. The van der Waals surface area contributed by atoms with Crippen molar-refractivity contribution in [3.8, 4) is 11.5 Å². The highest BCUT2D eigenvalue weighted by atomic mass is 16.4. The molecule has 0 amide bonds. The molecule has 0 saturated carbocycles. The molecule has 5 rings (SSSR count). The number of rotatable bonds is 4. The van der Waals surface area contributed by atoms with Gasteiger partial charge in [0, 0.05) is 30.8 Å². The van der Waals surface area contributed by atoms with Gasteiger partial charge in [0.1, 0.15) is 0 Å². The van der Waals surface area contributed by atoms with Crippen molar-refractivity contribution in [3.63, 3.8) is 0 Å². The second-order valence-corrected chi connectivity index (χ2v) is 7.01. The van der Waals surface area contributed by atoms with Gasteiger partial charge in [0.15, 0.2) is 11.9 Å². The Morgan fingerprint density at radius 2 is 1.83 bits per heavy atom. The van der Waals surface area contributed by atoms with E-state index in [0.717, 1.165) is 22.4 Å². The first kappa shape index (κ1) is 18.0. The highest BCUT2D eigenvalue weighted by Crippen LogP contribution is 2.24. The molecule has 0 unspecified atom stereocenters. The molecule has 1 aliphatic heterocycles. The van der Waals surface area contributed by atoms with Crippen LogP contribution in [0.1, 0.15) is 16.7 Å². The predicted octanol–water partition coefficient (Wildman–Crippen LogP) is 2.87. The van der Waals surface area contributed by atoms with Crippen molar-refractivity contribution in [2.45, 2.75) is 12.6 Å². The number of anilines is 1. The van der Waals surface area contributed by atoms with E-state index in [4.69, 9.17) is 9.41 Å². The standard InChI is InChI=1S/C22H18N6O2/c1-28-13-16(12-23-28)21-26-27-22(30-21)25-20-18(29)11-15-9-5-6-10-17(15)19(24-20)14-7-3-2-4-8-14/h2-10,12-13,20H,11H2,1H3,(H,25,27)/t20-/m1/s1. The van der Waals surface area contributed by atoms with Gasteiger partial charge in [-0.15, -0.1) is 5.10 Å². The summed E-state index contributed by atoms with van der Waals surface area (Å²) >= 11 is 0. The van der Waals surface area contributed by atoms with E-state index in [-0.39, 0.29) is 18.2 Å². The number of aromatic nitrogens is 4. The molecule has 30 heavy (non-hydrogen) atoms. The van der Waals surface area contributed by atoms with Crippen molar-refractivity contribution in [3.05, 3.63) is 83.7 Å². The number of hydrogen-bond donors (Lipinski definition) is 1. The molecule has 0 saturated heterocycles. The maximum absolute atomic E-state index is 13.0. The first-order chi connectivity index (χ1) is 14.7. The molecule has 3 heterocycles. The van der Waals surface area contributed by atoms with Crippen molar-refractivity contribution >= 4 is 17.5 Å². The lowest BCUT2D eigenvalue weighted by atomic mass is 9.96. The second kappa shape index (κ2) is 7.40. The summed E-state index contributed by atoms with van der Waals surface area (Å²) in [5, 5.41) is 15.2. The maximum Gasteiger partial charge on any atom is 0.317 e. The summed E-state index contributed by atoms with van der Waals surface area (Å²) in [4.78, 5) is 17.7. The fraction of sp³-hybridized carbons (Fsp3) is 0.136. The van der Waals surface area contributed by atoms with Crippen molar-refractivity contribution in [2.75, 3.05) is 5.32 Å². The van der Waals surface area contributed by atoms with Crippen molar-refractivity contribution in [2.24, 2.45) is 12.0 Å². The molecular weight excluding hydrogens is 380 g/mol. The zero-order chi connectivity index (χ0) is 20.5. The van der Waals surface area contributed by atoms with E-state index in [2.05, 4.69) is 20.6 Å². The Balaban J connectivity index is 1.51. The maximum atomic E-state index is 13.0. The molecule has 148 valence electrons. The largest absolute Gasteiger partial charge is 0.403 e. The summed E-state index contributed by atoms with van der Waals surface area (Å²) < 4.78 is 7.33. The Kier molecular flexibility index (Phi) is 4.44. The quantitative estimate of drug-likeness (QED) is 0.568. The van der Waals surface area contributed by atoms with Crippen LogP contribution in [-0.2, 0) is 18.3 Å². The molecule has 0 radical (unpaired) electrons. The molecule has 8 nitrogen and oxygen atoms in total. The molecule has 0 spiro atoms. The van der Waals surface area contributed by atoms with E-state index in [1.165, 1.54) is 0 Å². The normalized spacial score (nSPS) is 16.0. The average Bonchev–Trinajstić information content (AvgIpc) is 3.38. The van der Waals surface area contributed by atoms with Gasteiger partial charge in [-0.05, 0) is 5.56 Å². The van der Waals surface area contributed by atoms with E-state index >= 15 is 0 Å². The zero-order valence-electron chi connectivity index (χ0n) is 16.2. The topological polar surface area (TPSA) is 98.2 Å². The lowest BCUT2D eigenvalue weighted by Crippen LogP contribution is -2.29. The van der Waals surface area contributed by atoms with Crippen LogP contribution in [-0.4, -0.2) is 37.6 Å². The molecule has 2 aromatic carbocycles. The third-order valence-corrected chi connectivity index (χ3v) is 4.88. The minimum atomic E-state index is -0.838. The van der Waals surface area contributed by atoms with Crippen LogP contribution in [0.5, 0.6) is 0 Å². The van der Waals surface area contributed by atoms with Crippen LogP contribution in [0.2, 0.25) is 0 Å². The van der Waals surface area contributed by atoms with E-state index < -0.39 is 6.17 Å². The molecule has 0 aliphatic carbocycles. The SMILES string of the molecule is Cn1cc(-c2nnc(N[C@H]3N=C(c4ccccc4)c4ccccc4CC3=O)o2)cn1. The number of aliphatic imine (C=N–C) groups is 1. The number of ketones is 1. The number of nitrogens with zero attached hydrogens (tertiary/aromatic N) is 5. The lowest BCUT2D eigenvalue weighted by Gasteiger charge is -2.11. The summed E-state index contributed by atoms with van der Waals surface area (Å²) in [5.74, 6) is 0.247. The number of aryl methyl sites for hydroxylation is 1. The Bertz CT molecular complexity index is 1240. The summed E-state index contributed by atoms with van der Waals surface area (Å²) in [6.07, 6.45) is 2.83. The number of benzene rings is 2. The molecular formula is C22H18N6O2. The first-order valence-corrected chi connectivity index (χ1v) is 9.50. The van der Waals surface area contributed by atoms with Gasteiger partial charge >= 0.3 is 6.01 Å². The number of hydrogen-bond acceptors (Lipinski definition) is 7. The van der Waals surface area contributed by atoms with Gasteiger partial charge in [-0.1, -0.05) is 59.7 Å². The minimum Gasteiger partial charge on any atom is -0.403 e. The third-order valence-electron chi connectivity index (χ3n) is 4.88. The highest BCUT2D eigenvalue weighted by Gasteiger charge is 2.27. The fourth-order valence-corrected chi connectivity index (χ4v) is 3.45. The number of carbonyl (C=O) groups excluding carboxylic acids is 1. The fourth-order valence-electron chi connectivity index (χ4n) is 3.45. The smallest absolute Gasteiger partial charge is 0.317 e. The van der Waals surface area contributed by atoms with Crippen LogP contribution in [0.3, 0.4) is 0 Å². The Morgan fingerprint density at radius 1 is 1.03 bits per heavy atom. The summed E-state index contributed by atoms with van der Waals surface area (Å²) in [5.41, 5.74) is 4.28. The Morgan fingerprint density at radius 3 is 2.63 bits per heavy atom. The van der Waals surface area contributed by atoms with Gasteiger partial charge in [0.05, 0.1) is 17.5 Å². The van der Waals surface area contributed by atoms with Gasteiger partial charge in [-0.25, -0.2) is 0 Å². The average molecular weight is 398 g/mol. The van der Waals surface area contributed by atoms with E-state index in [9.17, 15) is 4.79 Å². The Labute approximate surface area is 172 Å². The molecule has 1 N–H and O–H groups in total. The van der Waals surface area contributed by atoms with Crippen LogP contribution in [0.25, 0.3) is 11.5 Å². The predicted molar refractivity (Wildman–Crippen MR) is 111 cm³/mol. The molecule has 1 aliphatic rings. The van der Waals surface area contributed by atoms with Crippen LogP contribution in [0.15, 0.2) is 76.4 Å². The van der Waals surface area contributed by atoms with Gasteiger partial charge in [0.25, 0.3) is 5.89 Å². The summed E-state index contributed by atoms with van der Waals surface area (Å²) in [6, 6.07) is 17.8. The van der Waals surface area contributed by atoms with Gasteiger partial charge in [-0.2, -0.15) is 5.10 Å². The number of fused-ring (bicyclic) bond motifs is 1. The van der Waals surface area contributed by atoms with Crippen LogP contribution < -0.4 is 5.32 Å². The van der Waals surface area contributed by atoms with E-state index in [0.29, 0.717) is 11.5 Å². The van der Waals surface area contributed by atoms with E-state index in [1.807, 2.05) is 54.6 Å².